The third-order valence-corrected chi connectivity index (χ3v) is 3.04. The van der Waals surface area contributed by atoms with Crippen molar-refractivity contribution in [2.45, 2.75) is 18.9 Å². The van der Waals surface area contributed by atoms with E-state index in [9.17, 15) is 9.18 Å². The first-order chi connectivity index (χ1) is 9.56. The third-order valence-electron chi connectivity index (χ3n) is 3.04. The largest absolute Gasteiger partial charge is 0.481 e. The number of carbonyl (C=O) groups is 1. The van der Waals surface area contributed by atoms with Crippen LogP contribution in [0.1, 0.15) is 12.0 Å². The van der Waals surface area contributed by atoms with Crippen LogP contribution in [0.5, 0.6) is 0 Å². The predicted molar refractivity (Wildman–Crippen MR) is 78.1 cm³/mol. The molecule has 20 heavy (non-hydrogen) atoms. The quantitative estimate of drug-likeness (QED) is 0.706. The molecule has 0 amide bonds. The Morgan fingerprint density at radius 3 is 2.25 bits per heavy atom. The molecule has 0 radical (unpaired) electrons. The number of hydrogen-bond donors (Lipinski definition) is 1. The highest BCUT2D eigenvalue weighted by atomic mass is 19.1. The molecule has 3 nitrogen and oxygen atoms in total. The van der Waals surface area contributed by atoms with Crippen LogP contribution in [-0.4, -0.2) is 35.1 Å². The molecular formula is C16H20FNO2. The van der Waals surface area contributed by atoms with Crippen LogP contribution >= 0.6 is 0 Å². The number of hydrogen-bond acceptors (Lipinski definition) is 2. The van der Waals surface area contributed by atoms with Gasteiger partial charge < -0.3 is 5.11 Å². The van der Waals surface area contributed by atoms with Crippen molar-refractivity contribution in [2.75, 3.05) is 13.1 Å². The predicted octanol–water partition coefficient (Wildman–Crippen LogP) is 2.89. The van der Waals surface area contributed by atoms with E-state index in [4.69, 9.17) is 5.11 Å². The van der Waals surface area contributed by atoms with Gasteiger partial charge in [-0.3, -0.25) is 9.69 Å². The number of nitrogens with zero attached hydrogens (tertiary/aromatic N) is 1. The van der Waals surface area contributed by atoms with E-state index in [1.807, 2.05) is 4.90 Å². The molecular weight excluding hydrogens is 257 g/mol. The van der Waals surface area contributed by atoms with Gasteiger partial charge in [-0.05, 0) is 24.1 Å². The van der Waals surface area contributed by atoms with Crippen molar-refractivity contribution in [3.63, 3.8) is 0 Å². The Labute approximate surface area is 119 Å². The van der Waals surface area contributed by atoms with Gasteiger partial charge in [-0.1, -0.05) is 24.3 Å². The highest BCUT2D eigenvalue weighted by Crippen LogP contribution is 2.13. The van der Waals surface area contributed by atoms with Crippen molar-refractivity contribution in [3.8, 4) is 0 Å². The molecule has 0 fully saturated rings. The fraction of sp³-hybridized carbons (Fsp3) is 0.312. The lowest BCUT2D eigenvalue weighted by Crippen LogP contribution is -2.38. The van der Waals surface area contributed by atoms with E-state index in [-0.39, 0.29) is 18.3 Å². The van der Waals surface area contributed by atoms with Crippen LogP contribution in [0.3, 0.4) is 0 Å². The Hall–Kier alpha value is -1.94. The van der Waals surface area contributed by atoms with Crippen LogP contribution in [0, 0.1) is 5.82 Å². The fourth-order valence-electron chi connectivity index (χ4n) is 2.13. The van der Waals surface area contributed by atoms with Gasteiger partial charge in [-0.15, -0.1) is 13.2 Å². The minimum atomic E-state index is -0.852. The molecule has 0 aliphatic carbocycles. The Morgan fingerprint density at radius 1 is 1.25 bits per heavy atom. The molecule has 0 aliphatic heterocycles. The van der Waals surface area contributed by atoms with Gasteiger partial charge >= 0.3 is 5.97 Å². The number of benzene rings is 1. The van der Waals surface area contributed by atoms with Crippen molar-refractivity contribution < 1.29 is 14.3 Å². The molecule has 1 aromatic rings. The van der Waals surface area contributed by atoms with Crippen LogP contribution < -0.4 is 0 Å². The lowest BCUT2D eigenvalue weighted by Gasteiger charge is -2.29. The van der Waals surface area contributed by atoms with Gasteiger partial charge in [0.1, 0.15) is 5.82 Å². The molecule has 0 aliphatic rings. The van der Waals surface area contributed by atoms with Crippen molar-refractivity contribution >= 4 is 5.97 Å². The van der Waals surface area contributed by atoms with Gasteiger partial charge in [0.15, 0.2) is 0 Å². The van der Waals surface area contributed by atoms with Gasteiger partial charge in [0.05, 0.1) is 6.42 Å². The molecule has 108 valence electrons. The smallest absolute Gasteiger partial charge is 0.304 e. The highest BCUT2D eigenvalue weighted by molar-refractivity contribution is 5.67. The summed E-state index contributed by atoms with van der Waals surface area (Å²) in [7, 11) is 0. The summed E-state index contributed by atoms with van der Waals surface area (Å²) >= 11 is 0. The normalized spacial score (nSPS) is 12.1. The van der Waals surface area contributed by atoms with E-state index in [2.05, 4.69) is 13.2 Å². The van der Waals surface area contributed by atoms with Crippen molar-refractivity contribution in [1.29, 1.82) is 0 Å². The first-order valence-corrected chi connectivity index (χ1v) is 6.49. The summed E-state index contributed by atoms with van der Waals surface area (Å²) in [6.07, 6.45) is 4.05. The number of rotatable bonds is 9. The Bertz CT molecular complexity index is 446. The molecule has 0 saturated heterocycles. The first-order valence-electron chi connectivity index (χ1n) is 6.49. The number of halogens is 1. The van der Waals surface area contributed by atoms with E-state index in [0.29, 0.717) is 19.5 Å². The number of aliphatic carboxylic acids is 1. The molecule has 4 heteroatoms. The summed E-state index contributed by atoms with van der Waals surface area (Å²) in [5.74, 6) is -1.15. The van der Waals surface area contributed by atoms with Crippen LogP contribution in [0.25, 0.3) is 0 Å². The topological polar surface area (TPSA) is 40.5 Å². The van der Waals surface area contributed by atoms with Crippen LogP contribution in [-0.2, 0) is 11.2 Å². The molecule has 1 N–H and O–H groups in total. The monoisotopic (exact) mass is 277 g/mol. The van der Waals surface area contributed by atoms with E-state index >= 15 is 0 Å². The maximum absolute atomic E-state index is 12.9. The fourth-order valence-corrected chi connectivity index (χ4v) is 2.13. The van der Waals surface area contributed by atoms with Crippen molar-refractivity contribution in [1.82, 2.24) is 4.90 Å². The summed E-state index contributed by atoms with van der Waals surface area (Å²) in [5.41, 5.74) is 0.913. The van der Waals surface area contributed by atoms with E-state index < -0.39 is 5.97 Å². The molecule has 0 spiro atoms. The number of carboxylic acid groups (broad SMARTS) is 1. The summed E-state index contributed by atoms with van der Waals surface area (Å²) in [5, 5.41) is 9.05. The molecule has 1 rings (SSSR count). The summed E-state index contributed by atoms with van der Waals surface area (Å²) in [4.78, 5) is 13.0. The van der Waals surface area contributed by atoms with E-state index in [1.54, 1.807) is 24.3 Å². The van der Waals surface area contributed by atoms with E-state index in [1.165, 1.54) is 12.1 Å². The molecule has 1 unspecified atom stereocenters. The summed E-state index contributed by atoms with van der Waals surface area (Å²) < 4.78 is 12.9. The first kappa shape index (κ1) is 16.1. The zero-order valence-corrected chi connectivity index (χ0v) is 11.5. The minimum absolute atomic E-state index is 0.0268. The lowest BCUT2D eigenvalue weighted by atomic mass is 10.0. The molecule has 0 saturated carbocycles. The molecule has 0 bridgehead atoms. The maximum atomic E-state index is 12.9. The average molecular weight is 277 g/mol. The van der Waals surface area contributed by atoms with Crippen LogP contribution in [0.4, 0.5) is 4.39 Å². The molecule has 0 heterocycles. The van der Waals surface area contributed by atoms with Gasteiger partial charge in [-0.25, -0.2) is 4.39 Å². The Morgan fingerprint density at radius 2 is 1.80 bits per heavy atom. The second-order valence-electron chi connectivity index (χ2n) is 4.61. The van der Waals surface area contributed by atoms with Crippen molar-refractivity contribution in [3.05, 3.63) is 61.0 Å². The van der Waals surface area contributed by atoms with Crippen LogP contribution in [0.15, 0.2) is 49.6 Å². The zero-order chi connectivity index (χ0) is 15.0. The summed E-state index contributed by atoms with van der Waals surface area (Å²) in [6.45, 7) is 8.56. The molecule has 1 atom stereocenters. The van der Waals surface area contributed by atoms with Gasteiger partial charge in [0, 0.05) is 19.1 Å². The Balaban J connectivity index is 2.85. The zero-order valence-electron chi connectivity index (χ0n) is 11.5. The van der Waals surface area contributed by atoms with Crippen molar-refractivity contribution in [2.24, 2.45) is 0 Å². The Kier molecular flexibility index (Phi) is 6.67. The lowest BCUT2D eigenvalue weighted by molar-refractivity contribution is -0.138. The van der Waals surface area contributed by atoms with Gasteiger partial charge in [0.2, 0.25) is 0 Å². The second kappa shape index (κ2) is 8.27. The molecule has 0 aromatic heterocycles. The van der Waals surface area contributed by atoms with Gasteiger partial charge in [-0.2, -0.15) is 0 Å². The highest BCUT2D eigenvalue weighted by Gasteiger charge is 2.20. The molecule has 1 aromatic carbocycles. The number of carboxylic acids is 1. The van der Waals surface area contributed by atoms with Crippen LogP contribution in [0.2, 0.25) is 0 Å². The SMILES string of the molecule is C=CCN(CC=C)C(CC(=O)O)Cc1ccc(F)cc1. The average Bonchev–Trinajstić information content (AvgIpc) is 2.40. The standard InChI is InChI=1S/C16H20FNO2/c1-3-9-18(10-4-2)15(12-16(19)20)11-13-5-7-14(17)8-6-13/h3-8,15H,1-2,9-12H2,(H,19,20). The second-order valence-corrected chi connectivity index (χ2v) is 4.61. The minimum Gasteiger partial charge on any atom is -0.481 e. The summed E-state index contributed by atoms with van der Waals surface area (Å²) in [6, 6.07) is 5.97. The van der Waals surface area contributed by atoms with E-state index in [0.717, 1.165) is 5.56 Å². The van der Waals surface area contributed by atoms with Gasteiger partial charge in [0.25, 0.3) is 0 Å². The third kappa shape index (κ3) is 5.36. The maximum Gasteiger partial charge on any atom is 0.304 e.